The van der Waals surface area contributed by atoms with Gasteiger partial charge in [0.05, 0.1) is 23.3 Å². The molecule has 1 aliphatic carbocycles. The van der Waals surface area contributed by atoms with Crippen molar-refractivity contribution in [3.63, 3.8) is 0 Å². The van der Waals surface area contributed by atoms with E-state index in [0.29, 0.717) is 11.5 Å². The second-order valence-electron chi connectivity index (χ2n) is 11.8. The summed E-state index contributed by atoms with van der Waals surface area (Å²) in [5, 5.41) is 22.7. The summed E-state index contributed by atoms with van der Waals surface area (Å²) in [6.07, 6.45) is -4.14. The lowest BCUT2D eigenvalue weighted by molar-refractivity contribution is -0.360. The average molecular weight is 638 g/mol. The third kappa shape index (κ3) is 8.21. The van der Waals surface area contributed by atoms with Crippen molar-refractivity contribution in [1.29, 1.82) is 5.26 Å². The van der Waals surface area contributed by atoms with E-state index in [-0.39, 0.29) is 23.3 Å². The molecule has 12 heteroatoms. The fourth-order valence-corrected chi connectivity index (χ4v) is 5.55. The van der Waals surface area contributed by atoms with Crippen LogP contribution in [0.3, 0.4) is 0 Å². The number of ether oxygens (including phenoxy) is 6. The zero-order valence-electron chi connectivity index (χ0n) is 26.7. The number of rotatable bonds is 11. The van der Waals surface area contributed by atoms with Crippen LogP contribution >= 0.6 is 0 Å². The van der Waals surface area contributed by atoms with Gasteiger partial charge in [-0.3, -0.25) is 19.2 Å². The van der Waals surface area contributed by atoms with E-state index in [4.69, 9.17) is 28.4 Å². The largest absolute Gasteiger partial charge is 0.490 e. The van der Waals surface area contributed by atoms with Crippen molar-refractivity contribution in [3.05, 3.63) is 64.2 Å². The van der Waals surface area contributed by atoms with Crippen molar-refractivity contribution < 1.29 is 52.7 Å². The summed E-state index contributed by atoms with van der Waals surface area (Å²) in [5.74, 6) is -5.25. The number of carbonyl (C=O) groups excluding carboxylic acids is 4. The van der Waals surface area contributed by atoms with Gasteiger partial charge in [-0.2, -0.15) is 5.26 Å². The maximum Gasteiger partial charge on any atom is 0.303 e. The first-order chi connectivity index (χ1) is 21.7. The van der Waals surface area contributed by atoms with Crippen LogP contribution in [-0.2, 0) is 55.1 Å². The van der Waals surface area contributed by atoms with Gasteiger partial charge < -0.3 is 33.5 Å². The minimum absolute atomic E-state index is 0.0257. The Balaban J connectivity index is 1.91. The summed E-state index contributed by atoms with van der Waals surface area (Å²) < 4.78 is 33.9. The number of esters is 4. The molecule has 2 aliphatic rings. The Morgan fingerprint density at radius 2 is 1.54 bits per heavy atom. The van der Waals surface area contributed by atoms with E-state index in [0.717, 1.165) is 46.1 Å². The van der Waals surface area contributed by atoms with E-state index in [1.165, 1.54) is 17.7 Å². The second kappa shape index (κ2) is 14.3. The first-order valence-corrected chi connectivity index (χ1v) is 15.1. The summed E-state index contributed by atoms with van der Waals surface area (Å²) in [5.41, 5.74) is 2.85. The molecule has 46 heavy (non-hydrogen) atoms. The zero-order chi connectivity index (χ0) is 33.8. The fourth-order valence-electron chi connectivity index (χ4n) is 5.55. The minimum Gasteiger partial charge on any atom is -0.490 e. The fraction of sp³-hybridized carbons (Fsp3) is 0.500. The lowest BCUT2D eigenvalue weighted by Crippen LogP contribution is -2.66. The van der Waals surface area contributed by atoms with Crippen molar-refractivity contribution in [2.24, 2.45) is 0 Å². The molecule has 1 saturated heterocycles. The molecule has 0 radical (unpaired) electrons. The van der Waals surface area contributed by atoms with E-state index in [1.54, 1.807) is 13.8 Å². The molecule has 1 saturated carbocycles. The maximum absolute atomic E-state index is 12.5. The highest BCUT2D eigenvalue weighted by molar-refractivity contribution is 5.69. The zero-order valence-corrected chi connectivity index (χ0v) is 26.7. The van der Waals surface area contributed by atoms with Gasteiger partial charge in [-0.1, -0.05) is 24.3 Å². The molecule has 2 fully saturated rings. The molecule has 1 heterocycles. The molecule has 2 aromatic carbocycles. The summed E-state index contributed by atoms with van der Waals surface area (Å²) in [6.45, 7) is 7.38. The number of nitriles is 1. The van der Waals surface area contributed by atoms with Gasteiger partial charge in [0.25, 0.3) is 0 Å². The van der Waals surface area contributed by atoms with Gasteiger partial charge in [0.1, 0.15) is 18.5 Å². The molecule has 246 valence electrons. The molecule has 0 amide bonds. The van der Waals surface area contributed by atoms with Crippen molar-refractivity contribution in [2.45, 2.75) is 103 Å². The van der Waals surface area contributed by atoms with Gasteiger partial charge >= 0.3 is 23.9 Å². The average Bonchev–Trinajstić information content (AvgIpc) is 3.81. The molecule has 0 spiro atoms. The lowest BCUT2D eigenvalue weighted by atomic mass is 9.85. The molecular formula is C34H39NO11. The maximum atomic E-state index is 12.5. The number of hydrogen-bond donors (Lipinski definition) is 1. The van der Waals surface area contributed by atoms with E-state index >= 15 is 0 Å². The van der Waals surface area contributed by atoms with Gasteiger partial charge in [-0.25, -0.2) is 0 Å². The van der Waals surface area contributed by atoms with Crippen molar-refractivity contribution in [2.75, 3.05) is 6.61 Å². The van der Waals surface area contributed by atoms with Crippen LogP contribution in [0, 0.1) is 11.3 Å². The summed E-state index contributed by atoms with van der Waals surface area (Å²) >= 11 is 0. The monoisotopic (exact) mass is 637 g/mol. The van der Waals surface area contributed by atoms with Gasteiger partial charge in [0, 0.05) is 27.7 Å². The molecule has 12 nitrogen and oxygen atoms in total. The Labute approximate surface area is 267 Å². The topological polar surface area (TPSA) is 168 Å². The standard InChI is InChI=1S/C34H39NO11/c1-18(2)42-29-15-27(16-35)26(13-23-7-9-24(10-8-23)25-11-12-25)14-28(29)34(40)33(45-22(6)39)32(44-21(5)38)31(43-20(4)37)30(46-34)17-41-19(3)36/h7-10,14-15,18,25,30-33,40H,11-13,17H2,1-6H3/t30-,31-,32+,33-,34-/m1/s1. The predicted molar refractivity (Wildman–Crippen MR) is 160 cm³/mol. The van der Waals surface area contributed by atoms with Crippen molar-refractivity contribution in [1.82, 2.24) is 0 Å². The van der Waals surface area contributed by atoms with Crippen molar-refractivity contribution in [3.8, 4) is 11.8 Å². The molecular weight excluding hydrogens is 598 g/mol. The Bertz CT molecular complexity index is 1510. The first kappa shape index (κ1) is 34.4. The van der Waals surface area contributed by atoms with E-state index in [2.05, 4.69) is 18.2 Å². The number of nitrogens with zero attached hydrogens (tertiary/aromatic N) is 1. The number of hydrogen-bond acceptors (Lipinski definition) is 12. The second-order valence-corrected chi connectivity index (χ2v) is 11.8. The molecule has 0 aromatic heterocycles. The molecule has 1 aliphatic heterocycles. The smallest absolute Gasteiger partial charge is 0.303 e. The molecule has 0 unspecified atom stereocenters. The summed E-state index contributed by atoms with van der Waals surface area (Å²) in [4.78, 5) is 48.8. The number of carbonyl (C=O) groups is 4. The summed E-state index contributed by atoms with van der Waals surface area (Å²) in [6, 6.07) is 13.2. The van der Waals surface area contributed by atoms with E-state index < -0.39 is 66.8 Å². The quantitative estimate of drug-likeness (QED) is 0.281. The normalized spacial score (nSPS) is 24.0. The SMILES string of the molecule is CC(=O)OC[C@H]1O[C@](O)(c2cc(Cc3ccc(C4CC4)cc3)c(C#N)cc2OC(C)C)[C@H](OC(C)=O)[C@@H](OC(C)=O)[C@@H]1OC(C)=O. The van der Waals surface area contributed by atoms with Crippen LogP contribution in [0.2, 0.25) is 0 Å². The van der Waals surface area contributed by atoms with Crippen LogP contribution in [0.1, 0.15) is 88.1 Å². The molecule has 1 N–H and O–H groups in total. The Hall–Kier alpha value is -4.47. The molecule has 5 atom stereocenters. The molecule has 2 aromatic rings. The van der Waals surface area contributed by atoms with Gasteiger partial charge in [0.2, 0.25) is 11.9 Å². The highest BCUT2D eigenvalue weighted by Crippen LogP contribution is 2.45. The first-order valence-electron chi connectivity index (χ1n) is 15.1. The number of aliphatic hydroxyl groups is 1. The predicted octanol–water partition coefficient (Wildman–Crippen LogP) is 3.72. The lowest BCUT2D eigenvalue weighted by Gasteiger charge is -2.49. The van der Waals surface area contributed by atoms with Gasteiger partial charge in [-0.05, 0) is 67.9 Å². The van der Waals surface area contributed by atoms with Crippen LogP contribution in [0.4, 0.5) is 0 Å². The Kier molecular flexibility index (Phi) is 10.7. The van der Waals surface area contributed by atoms with Crippen LogP contribution in [0.25, 0.3) is 0 Å². The Morgan fingerprint density at radius 3 is 2.07 bits per heavy atom. The van der Waals surface area contributed by atoms with Crippen LogP contribution in [0.5, 0.6) is 5.75 Å². The van der Waals surface area contributed by atoms with Gasteiger partial charge in [-0.15, -0.1) is 0 Å². The molecule has 4 rings (SSSR count). The van der Waals surface area contributed by atoms with Gasteiger partial charge in [0.15, 0.2) is 12.2 Å². The number of benzene rings is 2. The van der Waals surface area contributed by atoms with Crippen LogP contribution in [0.15, 0.2) is 36.4 Å². The van der Waals surface area contributed by atoms with E-state index in [1.807, 2.05) is 12.1 Å². The Morgan fingerprint density at radius 1 is 0.935 bits per heavy atom. The highest BCUT2D eigenvalue weighted by atomic mass is 16.7. The highest BCUT2D eigenvalue weighted by Gasteiger charge is 2.61. The molecule has 0 bridgehead atoms. The van der Waals surface area contributed by atoms with E-state index in [9.17, 15) is 29.5 Å². The van der Waals surface area contributed by atoms with Crippen LogP contribution in [-0.4, -0.2) is 66.1 Å². The third-order valence-electron chi connectivity index (χ3n) is 7.55. The summed E-state index contributed by atoms with van der Waals surface area (Å²) in [7, 11) is 0. The third-order valence-corrected chi connectivity index (χ3v) is 7.55. The van der Waals surface area contributed by atoms with Crippen LogP contribution < -0.4 is 4.74 Å². The minimum atomic E-state index is -2.63. The van der Waals surface area contributed by atoms with Crippen molar-refractivity contribution >= 4 is 23.9 Å².